The second-order valence-corrected chi connectivity index (χ2v) is 3.90. The largest absolute Gasteiger partial charge is 0.308 e. The summed E-state index contributed by atoms with van der Waals surface area (Å²) in [5.41, 5.74) is 1.90. The minimum Gasteiger partial charge on any atom is -0.308 e. The highest BCUT2D eigenvalue weighted by atomic mass is 16.2. The summed E-state index contributed by atoms with van der Waals surface area (Å²) < 4.78 is 0. The predicted molar refractivity (Wildman–Crippen MR) is 65.0 cm³/mol. The molecule has 1 N–H and O–H groups in total. The average Bonchev–Trinajstić information content (AvgIpc) is 2.75. The van der Waals surface area contributed by atoms with E-state index in [1.165, 1.54) is 0 Å². The Kier molecular flexibility index (Phi) is 2.91. The maximum atomic E-state index is 12.1. The van der Waals surface area contributed by atoms with Gasteiger partial charge in [0.2, 0.25) is 5.82 Å². The summed E-state index contributed by atoms with van der Waals surface area (Å²) in [6, 6.07) is 7.69. The Balaban J connectivity index is 2.29. The fourth-order valence-electron chi connectivity index (χ4n) is 1.64. The molecule has 1 aromatic carbocycles. The van der Waals surface area contributed by atoms with Gasteiger partial charge in [-0.25, -0.2) is 4.98 Å². The van der Waals surface area contributed by atoms with Gasteiger partial charge in [-0.15, -0.1) is 5.10 Å². The molecule has 1 aromatic heterocycles. The van der Waals surface area contributed by atoms with E-state index < -0.39 is 0 Å². The number of aryl methyl sites for hydroxylation is 2. The van der Waals surface area contributed by atoms with Crippen molar-refractivity contribution >= 4 is 11.6 Å². The van der Waals surface area contributed by atoms with Crippen molar-refractivity contribution in [1.82, 2.24) is 15.2 Å². The Labute approximate surface area is 99.5 Å². The number of nitrogens with zero attached hydrogens (tertiary/aromatic N) is 3. The molecule has 0 saturated carbocycles. The summed E-state index contributed by atoms with van der Waals surface area (Å²) in [5.74, 6) is 0.600. The molecule has 0 fully saturated rings. The lowest BCUT2D eigenvalue weighted by atomic mass is 10.2. The first kappa shape index (κ1) is 11.3. The van der Waals surface area contributed by atoms with Gasteiger partial charge >= 0.3 is 0 Å². The van der Waals surface area contributed by atoms with Crippen LogP contribution in [0.1, 0.15) is 22.0 Å². The second kappa shape index (κ2) is 4.37. The number of hydrogen-bond donors (Lipinski definition) is 1. The van der Waals surface area contributed by atoms with Crippen LogP contribution in [-0.4, -0.2) is 28.1 Å². The van der Waals surface area contributed by atoms with Gasteiger partial charge in [-0.1, -0.05) is 18.2 Å². The normalized spacial score (nSPS) is 10.3. The van der Waals surface area contributed by atoms with Crippen LogP contribution in [-0.2, 0) is 0 Å². The van der Waals surface area contributed by atoms with Crippen molar-refractivity contribution in [2.75, 3.05) is 11.9 Å². The van der Waals surface area contributed by atoms with Crippen molar-refractivity contribution in [1.29, 1.82) is 0 Å². The zero-order valence-corrected chi connectivity index (χ0v) is 10.1. The van der Waals surface area contributed by atoms with Crippen LogP contribution in [0.2, 0.25) is 0 Å². The highest BCUT2D eigenvalue weighted by Crippen LogP contribution is 2.18. The Morgan fingerprint density at radius 2 is 2.00 bits per heavy atom. The molecular weight excluding hydrogens is 216 g/mol. The smallest absolute Gasteiger partial charge is 0.297 e. The molecule has 0 unspecified atom stereocenters. The lowest BCUT2D eigenvalue weighted by molar-refractivity contribution is 0.0983. The molecule has 2 rings (SSSR count). The fraction of sp³-hybridized carbons (Fsp3) is 0.250. The predicted octanol–water partition coefficient (Wildman–Crippen LogP) is 1.70. The van der Waals surface area contributed by atoms with Gasteiger partial charge in [0.1, 0.15) is 5.82 Å². The molecule has 88 valence electrons. The molecule has 0 aliphatic heterocycles. The molecule has 1 heterocycles. The number of aromatic amines is 1. The van der Waals surface area contributed by atoms with Crippen LogP contribution in [0.15, 0.2) is 24.3 Å². The molecule has 1 amide bonds. The van der Waals surface area contributed by atoms with Crippen molar-refractivity contribution < 1.29 is 4.79 Å². The van der Waals surface area contributed by atoms with E-state index in [1.54, 1.807) is 18.9 Å². The molecule has 0 radical (unpaired) electrons. The van der Waals surface area contributed by atoms with Gasteiger partial charge in [0.05, 0.1) is 0 Å². The topological polar surface area (TPSA) is 61.9 Å². The first-order valence-electron chi connectivity index (χ1n) is 5.32. The van der Waals surface area contributed by atoms with Crippen LogP contribution in [0.5, 0.6) is 0 Å². The molecule has 5 nitrogen and oxygen atoms in total. The van der Waals surface area contributed by atoms with E-state index in [1.807, 2.05) is 31.2 Å². The third-order valence-corrected chi connectivity index (χ3v) is 2.57. The van der Waals surface area contributed by atoms with E-state index in [9.17, 15) is 4.79 Å². The maximum Gasteiger partial charge on any atom is 0.297 e. The molecule has 0 spiro atoms. The van der Waals surface area contributed by atoms with Crippen LogP contribution in [0, 0.1) is 13.8 Å². The number of para-hydroxylation sites is 1. The van der Waals surface area contributed by atoms with Crippen molar-refractivity contribution in [2.45, 2.75) is 13.8 Å². The Bertz CT molecular complexity index is 547. The highest BCUT2D eigenvalue weighted by Gasteiger charge is 2.18. The number of aromatic nitrogens is 3. The number of nitrogens with one attached hydrogen (secondary N) is 1. The number of amides is 1. The van der Waals surface area contributed by atoms with E-state index in [2.05, 4.69) is 15.2 Å². The zero-order valence-electron chi connectivity index (χ0n) is 10.1. The minimum atomic E-state index is -0.219. The van der Waals surface area contributed by atoms with Crippen molar-refractivity contribution in [2.24, 2.45) is 0 Å². The van der Waals surface area contributed by atoms with Crippen molar-refractivity contribution in [3.63, 3.8) is 0 Å². The number of H-pyrrole nitrogens is 1. The van der Waals surface area contributed by atoms with Crippen LogP contribution in [0.3, 0.4) is 0 Å². The molecular formula is C12H14N4O. The fourth-order valence-corrected chi connectivity index (χ4v) is 1.64. The zero-order chi connectivity index (χ0) is 12.4. The Morgan fingerprint density at radius 1 is 1.29 bits per heavy atom. The van der Waals surface area contributed by atoms with Crippen LogP contribution < -0.4 is 4.90 Å². The third-order valence-electron chi connectivity index (χ3n) is 2.57. The third kappa shape index (κ3) is 2.18. The minimum absolute atomic E-state index is 0.188. The molecule has 2 aromatic rings. The molecule has 0 saturated heterocycles. The Hall–Kier alpha value is -2.17. The Morgan fingerprint density at radius 3 is 2.59 bits per heavy atom. The van der Waals surface area contributed by atoms with E-state index in [-0.39, 0.29) is 11.7 Å². The molecule has 0 atom stereocenters. The molecule has 0 aliphatic rings. The summed E-state index contributed by atoms with van der Waals surface area (Å²) in [6.07, 6.45) is 0. The number of carbonyl (C=O) groups is 1. The number of benzene rings is 1. The van der Waals surface area contributed by atoms with Gasteiger partial charge in [0, 0.05) is 12.7 Å². The number of hydrogen-bond acceptors (Lipinski definition) is 3. The first-order chi connectivity index (χ1) is 8.09. The number of carbonyl (C=O) groups excluding carboxylic acids is 1. The van der Waals surface area contributed by atoms with Gasteiger partial charge in [-0.3, -0.25) is 9.89 Å². The number of anilines is 1. The average molecular weight is 230 g/mol. The SMILES string of the molecule is Cc1nc(C(=O)N(C)c2ccccc2C)n[nH]1. The molecule has 5 heteroatoms. The van der Waals surface area contributed by atoms with Gasteiger partial charge in [-0.2, -0.15) is 0 Å². The monoisotopic (exact) mass is 230 g/mol. The highest BCUT2D eigenvalue weighted by molar-refractivity contribution is 6.03. The van der Waals surface area contributed by atoms with Gasteiger partial charge < -0.3 is 4.90 Å². The van der Waals surface area contributed by atoms with E-state index in [0.29, 0.717) is 5.82 Å². The van der Waals surface area contributed by atoms with E-state index >= 15 is 0 Å². The second-order valence-electron chi connectivity index (χ2n) is 3.90. The molecule has 0 aliphatic carbocycles. The standard InChI is InChI=1S/C12H14N4O/c1-8-6-4-5-7-10(8)16(3)12(17)11-13-9(2)14-15-11/h4-7H,1-3H3,(H,13,14,15). The van der Waals surface area contributed by atoms with Crippen LogP contribution in [0.25, 0.3) is 0 Å². The van der Waals surface area contributed by atoms with E-state index in [4.69, 9.17) is 0 Å². The van der Waals surface area contributed by atoms with E-state index in [0.717, 1.165) is 11.3 Å². The molecule has 0 bridgehead atoms. The summed E-state index contributed by atoms with van der Waals surface area (Å²) in [7, 11) is 1.72. The lowest BCUT2D eigenvalue weighted by Gasteiger charge is -2.17. The summed E-state index contributed by atoms with van der Waals surface area (Å²) >= 11 is 0. The quantitative estimate of drug-likeness (QED) is 0.854. The van der Waals surface area contributed by atoms with Gasteiger partial charge in [0.15, 0.2) is 0 Å². The summed E-state index contributed by atoms with van der Waals surface area (Å²) in [4.78, 5) is 17.7. The summed E-state index contributed by atoms with van der Waals surface area (Å²) in [5, 5.41) is 6.53. The van der Waals surface area contributed by atoms with Crippen LogP contribution >= 0.6 is 0 Å². The lowest BCUT2D eigenvalue weighted by Crippen LogP contribution is -2.27. The molecule has 17 heavy (non-hydrogen) atoms. The van der Waals surface area contributed by atoms with Crippen molar-refractivity contribution in [3.05, 3.63) is 41.5 Å². The first-order valence-corrected chi connectivity index (χ1v) is 5.32. The summed E-state index contributed by atoms with van der Waals surface area (Å²) in [6.45, 7) is 3.72. The van der Waals surface area contributed by atoms with Gasteiger partial charge in [0.25, 0.3) is 5.91 Å². The maximum absolute atomic E-state index is 12.1. The van der Waals surface area contributed by atoms with Gasteiger partial charge in [-0.05, 0) is 25.5 Å². The van der Waals surface area contributed by atoms with Crippen molar-refractivity contribution in [3.8, 4) is 0 Å². The van der Waals surface area contributed by atoms with Crippen LogP contribution in [0.4, 0.5) is 5.69 Å². The number of rotatable bonds is 2.